The van der Waals surface area contributed by atoms with Gasteiger partial charge in [-0.2, -0.15) is 0 Å². The van der Waals surface area contributed by atoms with E-state index in [1.54, 1.807) is 30.6 Å². The van der Waals surface area contributed by atoms with Crippen molar-refractivity contribution in [2.24, 2.45) is 0 Å². The van der Waals surface area contributed by atoms with Crippen LogP contribution in [0.25, 0.3) is 0 Å². The van der Waals surface area contributed by atoms with Crippen LogP contribution in [0.5, 0.6) is 5.75 Å². The number of benzene rings is 1. The molecule has 114 valence electrons. The van der Waals surface area contributed by atoms with E-state index in [-0.39, 0.29) is 11.9 Å². The zero-order chi connectivity index (χ0) is 15.2. The minimum atomic E-state index is -0.233. The van der Waals surface area contributed by atoms with E-state index in [4.69, 9.17) is 4.74 Å². The molecule has 0 fully saturated rings. The topological polar surface area (TPSA) is 21.3 Å². The van der Waals surface area contributed by atoms with Crippen molar-refractivity contribution in [2.45, 2.75) is 32.7 Å². The van der Waals surface area contributed by atoms with Gasteiger partial charge in [-0.25, -0.2) is 4.39 Å². The third-order valence-electron chi connectivity index (χ3n) is 3.53. The third-order valence-corrected chi connectivity index (χ3v) is 4.55. The van der Waals surface area contributed by atoms with Gasteiger partial charge < -0.3 is 10.1 Å². The molecule has 21 heavy (non-hydrogen) atoms. The number of hydrogen-bond donors (Lipinski definition) is 1. The first-order valence-electron chi connectivity index (χ1n) is 7.34. The molecule has 4 heteroatoms. The van der Waals surface area contributed by atoms with Gasteiger partial charge in [0.15, 0.2) is 0 Å². The molecule has 0 radical (unpaired) electrons. The van der Waals surface area contributed by atoms with Gasteiger partial charge in [-0.15, -0.1) is 11.3 Å². The molecule has 0 spiro atoms. The minimum Gasteiger partial charge on any atom is -0.496 e. The molecule has 0 amide bonds. The molecule has 0 aliphatic heterocycles. The quantitative estimate of drug-likeness (QED) is 0.810. The molecule has 0 aliphatic carbocycles. The van der Waals surface area contributed by atoms with Crippen LogP contribution in [0.2, 0.25) is 0 Å². The van der Waals surface area contributed by atoms with Gasteiger partial charge in [-0.05, 0) is 54.6 Å². The van der Waals surface area contributed by atoms with E-state index >= 15 is 0 Å². The SMILES string of the molecule is CCCNC(c1cc(F)ccc1OC)c1sccc1CC. The van der Waals surface area contributed by atoms with Crippen LogP contribution in [0, 0.1) is 5.82 Å². The van der Waals surface area contributed by atoms with Crippen molar-refractivity contribution >= 4 is 11.3 Å². The van der Waals surface area contributed by atoms with Crippen molar-refractivity contribution in [3.8, 4) is 5.75 Å². The molecule has 1 unspecified atom stereocenters. The van der Waals surface area contributed by atoms with Crippen molar-refractivity contribution in [1.29, 1.82) is 0 Å². The number of methoxy groups -OCH3 is 1. The predicted octanol–water partition coefficient (Wildman–Crippen LogP) is 4.55. The molecule has 1 aromatic carbocycles. The Morgan fingerprint density at radius 1 is 1.29 bits per heavy atom. The Morgan fingerprint density at radius 2 is 2.10 bits per heavy atom. The fourth-order valence-corrected chi connectivity index (χ4v) is 3.55. The average molecular weight is 307 g/mol. The van der Waals surface area contributed by atoms with Gasteiger partial charge in [-0.1, -0.05) is 13.8 Å². The molecule has 0 bridgehead atoms. The van der Waals surface area contributed by atoms with Crippen LogP contribution in [0.4, 0.5) is 4.39 Å². The molecule has 2 nitrogen and oxygen atoms in total. The lowest BCUT2D eigenvalue weighted by Gasteiger charge is -2.21. The maximum Gasteiger partial charge on any atom is 0.124 e. The summed E-state index contributed by atoms with van der Waals surface area (Å²) in [5.41, 5.74) is 2.17. The van der Waals surface area contributed by atoms with Gasteiger partial charge in [0.05, 0.1) is 13.2 Å². The highest BCUT2D eigenvalue weighted by Crippen LogP contribution is 2.35. The summed E-state index contributed by atoms with van der Waals surface area (Å²) < 4.78 is 19.1. The van der Waals surface area contributed by atoms with Crippen LogP contribution in [-0.4, -0.2) is 13.7 Å². The van der Waals surface area contributed by atoms with Gasteiger partial charge in [0.2, 0.25) is 0 Å². The van der Waals surface area contributed by atoms with Crippen molar-refractivity contribution in [3.63, 3.8) is 0 Å². The van der Waals surface area contributed by atoms with Crippen molar-refractivity contribution in [1.82, 2.24) is 5.32 Å². The van der Waals surface area contributed by atoms with Gasteiger partial charge in [0.25, 0.3) is 0 Å². The molecule has 1 aromatic heterocycles. The van der Waals surface area contributed by atoms with Crippen LogP contribution < -0.4 is 10.1 Å². The number of aryl methyl sites for hydroxylation is 1. The molecular formula is C17H22FNOS. The van der Waals surface area contributed by atoms with Gasteiger partial charge >= 0.3 is 0 Å². The number of halogens is 1. The van der Waals surface area contributed by atoms with Crippen LogP contribution in [0.3, 0.4) is 0 Å². The lowest BCUT2D eigenvalue weighted by molar-refractivity contribution is 0.402. The fourth-order valence-electron chi connectivity index (χ4n) is 2.46. The van der Waals surface area contributed by atoms with E-state index in [9.17, 15) is 4.39 Å². The molecule has 1 atom stereocenters. The maximum atomic E-state index is 13.7. The maximum absolute atomic E-state index is 13.7. The van der Waals surface area contributed by atoms with Crippen LogP contribution in [0.1, 0.15) is 42.3 Å². The second kappa shape index (κ2) is 7.57. The van der Waals surface area contributed by atoms with Crippen molar-refractivity contribution < 1.29 is 9.13 Å². The molecule has 2 aromatic rings. The smallest absolute Gasteiger partial charge is 0.124 e. The second-order valence-electron chi connectivity index (χ2n) is 4.94. The summed E-state index contributed by atoms with van der Waals surface area (Å²) in [5, 5.41) is 5.63. The van der Waals surface area contributed by atoms with Gasteiger partial charge in [0, 0.05) is 10.4 Å². The van der Waals surface area contributed by atoms with E-state index in [2.05, 4.69) is 30.6 Å². The Bertz CT molecular complexity index is 582. The number of hydrogen-bond acceptors (Lipinski definition) is 3. The number of ether oxygens (including phenoxy) is 1. The highest BCUT2D eigenvalue weighted by atomic mass is 32.1. The van der Waals surface area contributed by atoms with Crippen LogP contribution in [0.15, 0.2) is 29.6 Å². The summed E-state index contributed by atoms with van der Waals surface area (Å²) in [5.74, 6) is 0.490. The summed E-state index contributed by atoms with van der Waals surface area (Å²) in [6.07, 6.45) is 2.00. The Hall–Kier alpha value is -1.39. The Morgan fingerprint density at radius 3 is 2.76 bits per heavy atom. The first kappa shape index (κ1) is 16.0. The zero-order valence-electron chi connectivity index (χ0n) is 12.8. The first-order valence-corrected chi connectivity index (χ1v) is 8.22. The fraction of sp³-hybridized carbons (Fsp3) is 0.412. The lowest BCUT2D eigenvalue weighted by Crippen LogP contribution is -2.24. The minimum absolute atomic E-state index is 0.0226. The summed E-state index contributed by atoms with van der Waals surface area (Å²) in [4.78, 5) is 1.25. The van der Waals surface area contributed by atoms with Crippen molar-refractivity contribution in [3.05, 3.63) is 51.5 Å². The summed E-state index contributed by atoms with van der Waals surface area (Å²) >= 11 is 1.71. The second-order valence-corrected chi connectivity index (χ2v) is 5.88. The lowest BCUT2D eigenvalue weighted by atomic mass is 10.00. The molecule has 1 N–H and O–H groups in total. The largest absolute Gasteiger partial charge is 0.496 e. The molecule has 2 rings (SSSR count). The molecular weight excluding hydrogens is 285 g/mol. The molecule has 0 saturated carbocycles. The summed E-state index contributed by atoms with van der Waals surface area (Å²) in [6.45, 7) is 5.15. The first-order chi connectivity index (χ1) is 10.2. The number of nitrogens with one attached hydrogen (secondary N) is 1. The normalized spacial score (nSPS) is 12.4. The van der Waals surface area contributed by atoms with Crippen LogP contribution >= 0.6 is 11.3 Å². The van der Waals surface area contributed by atoms with Crippen molar-refractivity contribution in [2.75, 3.05) is 13.7 Å². The number of rotatable bonds is 7. The Labute approximate surface area is 130 Å². The predicted molar refractivity (Wildman–Crippen MR) is 86.8 cm³/mol. The molecule has 0 saturated heterocycles. The Kier molecular flexibility index (Phi) is 5.76. The number of thiophene rings is 1. The van der Waals surface area contributed by atoms with E-state index in [0.717, 1.165) is 30.7 Å². The van der Waals surface area contributed by atoms with Gasteiger partial charge in [-0.3, -0.25) is 0 Å². The summed E-state index contributed by atoms with van der Waals surface area (Å²) in [6, 6.07) is 6.84. The van der Waals surface area contributed by atoms with Crippen LogP contribution in [-0.2, 0) is 6.42 Å². The molecule has 1 heterocycles. The highest BCUT2D eigenvalue weighted by Gasteiger charge is 2.21. The van der Waals surface area contributed by atoms with E-state index in [1.165, 1.54) is 16.5 Å². The highest BCUT2D eigenvalue weighted by molar-refractivity contribution is 7.10. The van der Waals surface area contributed by atoms with Gasteiger partial charge in [0.1, 0.15) is 11.6 Å². The summed E-state index contributed by atoms with van der Waals surface area (Å²) in [7, 11) is 1.63. The van der Waals surface area contributed by atoms with E-state index in [0.29, 0.717) is 0 Å². The third kappa shape index (κ3) is 3.63. The average Bonchev–Trinajstić information content (AvgIpc) is 2.96. The van der Waals surface area contributed by atoms with E-state index < -0.39 is 0 Å². The zero-order valence-corrected chi connectivity index (χ0v) is 13.6. The Balaban J connectivity index is 2.47. The molecule has 0 aliphatic rings. The van der Waals surface area contributed by atoms with E-state index in [1.807, 2.05) is 0 Å². The monoisotopic (exact) mass is 307 g/mol. The standard InChI is InChI=1S/C17H22FNOS/c1-4-9-19-16(17-12(5-2)8-10-21-17)14-11-13(18)6-7-15(14)20-3/h6-8,10-11,16,19H,4-5,9H2,1-3H3.